The lowest BCUT2D eigenvalue weighted by atomic mass is 10.2. The van der Waals surface area contributed by atoms with E-state index in [2.05, 4.69) is 0 Å². The van der Waals surface area contributed by atoms with Crippen LogP contribution in [0.5, 0.6) is 5.75 Å². The molecule has 0 fully saturated rings. The van der Waals surface area contributed by atoms with Gasteiger partial charge in [0.15, 0.2) is 5.75 Å². The van der Waals surface area contributed by atoms with Crippen molar-refractivity contribution in [2.24, 2.45) is 0 Å². The zero-order valence-electron chi connectivity index (χ0n) is 10.8. The molecule has 0 radical (unpaired) electrons. The average Bonchev–Trinajstić information content (AvgIpc) is 2.78. The Balaban J connectivity index is 2.19. The Hall–Kier alpha value is -2.90. The summed E-state index contributed by atoms with van der Waals surface area (Å²) in [5, 5.41) is 19.7. The van der Waals surface area contributed by atoms with E-state index in [0.717, 1.165) is 18.2 Å². The van der Waals surface area contributed by atoms with E-state index < -0.39 is 22.4 Å². The quantitative estimate of drug-likeness (QED) is 0.672. The maximum atomic E-state index is 13.0. The molecule has 0 bridgehead atoms. The van der Waals surface area contributed by atoms with Crippen LogP contribution in [0.4, 0.5) is 10.1 Å². The molecule has 0 aliphatic heterocycles. The number of hydrogen-bond donors (Lipinski definition) is 1. The molecule has 2 aromatic rings. The van der Waals surface area contributed by atoms with Crippen molar-refractivity contribution in [3.63, 3.8) is 0 Å². The molecule has 0 amide bonds. The van der Waals surface area contributed by atoms with E-state index in [0.29, 0.717) is 0 Å². The summed E-state index contributed by atoms with van der Waals surface area (Å²) in [6, 6.07) is 4.16. The van der Waals surface area contributed by atoms with E-state index in [1.54, 1.807) is 0 Å². The number of carboxylic acid groups (broad SMARTS) is 1. The number of nitro benzene ring substituents is 1. The monoisotopic (exact) mass is 295 g/mol. The van der Waals surface area contributed by atoms with Crippen LogP contribution >= 0.6 is 0 Å². The summed E-state index contributed by atoms with van der Waals surface area (Å²) in [5.74, 6) is -1.63. The van der Waals surface area contributed by atoms with Gasteiger partial charge in [-0.2, -0.15) is 0 Å². The first-order chi connectivity index (χ1) is 9.88. The van der Waals surface area contributed by atoms with Crippen molar-refractivity contribution < 1.29 is 28.4 Å². The van der Waals surface area contributed by atoms with Crippen molar-refractivity contribution in [3.8, 4) is 5.75 Å². The number of aryl methyl sites for hydroxylation is 1. The summed E-state index contributed by atoms with van der Waals surface area (Å²) in [7, 11) is 0. The molecule has 2 rings (SSSR count). The molecule has 0 saturated carbocycles. The van der Waals surface area contributed by atoms with E-state index in [1.165, 1.54) is 13.0 Å². The predicted molar refractivity (Wildman–Crippen MR) is 67.8 cm³/mol. The number of rotatable bonds is 5. The minimum absolute atomic E-state index is 0.0118. The van der Waals surface area contributed by atoms with Gasteiger partial charge >= 0.3 is 11.7 Å². The van der Waals surface area contributed by atoms with Gasteiger partial charge in [-0.05, 0) is 25.1 Å². The second-order valence-corrected chi connectivity index (χ2v) is 4.15. The summed E-state index contributed by atoms with van der Waals surface area (Å²) < 4.78 is 23.3. The largest absolute Gasteiger partial charge is 0.479 e. The van der Waals surface area contributed by atoms with Gasteiger partial charge in [-0.25, -0.2) is 9.18 Å². The van der Waals surface area contributed by atoms with Gasteiger partial charge in [0.1, 0.15) is 29.5 Å². The molecule has 8 heteroatoms. The first-order valence-electron chi connectivity index (χ1n) is 5.78. The molecular formula is C13H10FNO6. The van der Waals surface area contributed by atoms with Crippen LogP contribution in [-0.2, 0) is 6.61 Å². The number of aromatic carboxylic acids is 1. The first-order valence-corrected chi connectivity index (χ1v) is 5.78. The molecule has 0 aliphatic carbocycles. The van der Waals surface area contributed by atoms with Gasteiger partial charge in [-0.1, -0.05) is 0 Å². The van der Waals surface area contributed by atoms with Crippen molar-refractivity contribution in [2.75, 3.05) is 0 Å². The van der Waals surface area contributed by atoms with Crippen LogP contribution in [0.2, 0.25) is 0 Å². The number of nitrogens with zero attached hydrogens (tertiary/aromatic N) is 1. The third-order valence-corrected chi connectivity index (χ3v) is 2.69. The molecule has 0 unspecified atom stereocenters. The number of halogens is 1. The van der Waals surface area contributed by atoms with Gasteiger partial charge in [-0.3, -0.25) is 10.1 Å². The van der Waals surface area contributed by atoms with Crippen LogP contribution in [0.1, 0.15) is 21.9 Å². The molecule has 0 saturated heterocycles. The molecule has 7 nitrogen and oxygen atoms in total. The lowest BCUT2D eigenvalue weighted by molar-refractivity contribution is -0.386. The van der Waals surface area contributed by atoms with Crippen molar-refractivity contribution in [1.82, 2.24) is 0 Å². The zero-order valence-corrected chi connectivity index (χ0v) is 10.8. The molecule has 110 valence electrons. The smallest absolute Gasteiger partial charge is 0.339 e. The van der Waals surface area contributed by atoms with Gasteiger partial charge < -0.3 is 14.3 Å². The van der Waals surface area contributed by atoms with Crippen LogP contribution < -0.4 is 4.74 Å². The number of hydrogen-bond acceptors (Lipinski definition) is 5. The van der Waals surface area contributed by atoms with Crippen LogP contribution in [-0.4, -0.2) is 16.0 Å². The number of furan rings is 1. The second-order valence-electron chi connectivity index (χ2n) is 4.15. The Bertz CT molecular complexity index is 709. The molecule has 1 aromatic carbocycles. The van der Waals surface area contributed by atoms with E-state index in [4.69, 9.17) is 14.3 Å². The zero-order chi connectivity index (χ0) is 15.6. The Morgan fingerprint density at radius 3 is 2.76 bits per heavy atom. The highest BCUT2D eigenvalue weighted by atomic mass is 19.1. The summed E-state index contributed by atoms with van der Waals surface area (Å²) in [6.07, 6.45) is 0. The Labute approximate surface area is 117 Å². The lowest BCUT2D eigenvalue weighted by Gasteiger charge is -2.04. The van der Waals surface area contributed by atoms with Crippen molar-refractivity contribution in [2.45, 2.75) is 13.5 Å². The fraction of sp³-hybridized carbons (Fsp3) is 0.154. The van der Waals surface area contributed by atoms with Crippen LogP contribution in [0.15, 0.2) is 28.7 Å². The highest BCUT2D eigenvalue weighted by Gasteiger charge is 2.18. The fourth-order valence-electron chi connectivity index (χ4n) is 1.73. The third kappa shape index (κ3) is 3.16. The highest BCUT2D eigenvalue weighted by Crippen LogP contribution is 2.28. The molecule has 1 aromatic heterocycles. The van der Waals surface area contributed by atoms with Crippen LogP contribution in [0.3, 0.4) is 0 Å². The summed E-state index contributed by atoms with van der Waals surface area (Å²) in [5.41, 5.74) is -0.529. The molecule has 1 heterocycles. The van der Waals surface area contributed by atoms with Gasteiger partial charge in [-0.15, -0.1) is 0 Å². The van der Waals surface area contributed by atoms with Gasteiger partial charge in [0.05, 0.1) is 11.0 Å². The number of nitro groups is 1. The van der Waals surface area contributed by atoms with E-state index in [-0.39, 0.29) is 29.4 Å². The molecule has 0 aliphatic rings. The first kappa shape index (κ1) is 14.5. The Morgan fingerprint density at radius 2 is 2.19 bits per heavy atom. The maximum Gasteiger partial charge on any atom is 0.339 e. The Kier molecular flexibility index (Phi) is 3.88. The van der Waals surface area contributed by atoms with Crippen LogP contribution in [0.25, 0.3) is 0 Å². The van der Waals surface area contributed by atoms with E-state index in [1.807, 2.05) is 0 Å². The molecule has 0 spiro atoms. The van der Waals surface area contributed by atoms with Crippen molar-refractivity contribution in [1.29, 1.82) is 0 Å². The summed E-state index contributed by atoms with van der Waals surface area (Å²) in [4.78, 5) is 20.9. The molecule has 0 atom stereocenters. The second kappa shape index (κ2) is 5.61. The van der Waals surface area contributed by atoms with Gasteiger partial charge in [0.25, 0.3) is 0 Å². The number of ether oxygens (including phenoxy) is 1. The summed E-state index contributed by atoms with van der Waals surface area (Å²) in [6.45, 7) is 1.27. The minimum Gasteiger partial charge on any atom is -0.479 e. The SMILES string of the molecule is Cc1oc(COc2ccc(F)cc2[N+](=O)[O-])cc1C(=O)O. The number of benzene rings is 1. The van der Waals surface area contributed by atoms with Gasteiger partial charge in [0.2, 0.25) is 0 Å². The third-order valence-electron chi connectivity index (χ3n) is 2.69. The highest BCUT2D eigenvalue weighted by molar-refractivity contribution is 5.88. The predicted octanol–water partition coefficient (Wildman–Crippen LogP) is 2.91. The van der Waals surface area contributed by atoms with Crippen LogP contribution in [0, 0.1) is 22.9 Å². The van der Waals surface area contributed by atoms with Crippen molar-refractivity contribution in [3.05, 3.63) is 57.3 Å². The van der Waals surface area contributed by atoms with E-state index >= 15 is 0 Å². The normalized spacial score (nSPS) is 10.4. The number of carboxylic acids is 1. The van der Waals surface area contributed by atoms with Crippen molar-refractivity contribution >= 4 is 11.7 Å². The molecule has 1 N–H and O–H groups in total. The lowest BCUT2D eigenvalue weighted by Crippen LogP contribution is -1.99. The topological polar surface area (TPSA) is 103 Å². The fourth-order valence-corrected chi connectivity index (χ4v) is 1.73. The van der Waals surface area contributed by atoms with Gasteiger partial charge in [0, 0.05) is 0 Å². The Morgan fingerprint density at radius 1 is 1.48 bits per heavy atom. The molecule has 21 heavy (non-hydrogen) atoms. The molecular weight excluding hydrogens is 285 g/mol. The minimum atomic E-state index is -1.14. The standard InChI is InChI=1S/C13H10FNO6/c1-7-10(13(16)17)5-9(21-7)6-20-12-3-2-8(14)4-11(12)15(18)19/h2-5H,6H2,1H3,(H,16,17). The van der Waals surface area contributed by atoms with E-state index in [9.17, 15) is 19.3 Å². The maximum absolute atomic E-state index is 13.0. The number of carbonyl (C=O) groups is 1. The summed E-state index contributed by atoms with van der Waals surface area (Å²) >= 11 is 0. The average molecular weight is 295 g/mol.